The fourth-order valence-corrected chi connectivity index (χ4v) is 1.84. The van der Waals surface area contributed by atoms with Gasteiger partial charge in [-0.15, -0.1) is 0 Å². The second kappa shape index (κ2) is 5.28. The summed E-state index contributed by atoms with van der Waals surface area (Å²) in [5, 5.41) is 2.81. The van der Waals surface area contributed by atoms with E-state index in [9.17, 15) is 4.79 Å². The molecule has 4 heteroatoms. The number of benzene rings is 1. The van der Waals surface area contributed by atoms with Crippen LogP contribution in [0.3, 0.4) is 0 Å². The predicted molar refractivity (Wildman–Crippen MR) is 64.9 cm³/mol. The Hall–Kier alpha value is -0.870. The Labute approximate surface area is 98.2 Å². The van der Waals surface area contributed by atoms with Crippen LogP contribution in [0.15, 0.2) is 22.7 Å². The molecule has 3 N–H and O–H groups in total. The van der Waals surface area contributed by atoms with Gasteiger partial charge in [0.25, 0.3) is 5.91 Å². The number of hydrogen-bond acceptors (Lipinski definition) is 2. The summed E-state index contributed by atoms with van der Waals surface area (Å²) in [5.41, 5.74) is 7.19. The first-order valence-electron chi connectivity index (χ1n) is 4.81. The van der Waals surface area contributed by atoms with Gasteiger partial charge in [-0.25, -0.2) is 0 Å². The quantitative estimate of drug-likeness (QED) is 0.881. The molecule has 1 amide bonds. The molecular weight excluding hydrogens is 256 g/mol. The maximum atomic E-state index is 11.7. The molecule has 0 aliphatic rings. The molecule has 0 aliphatic carbocycles. The molecule has 0 fully saturated rings. The van der Waals surface area contributed by atoms with Gasteiger partial charge >= 0.3 is 0 Å². The van der Waals surface area contributed by atoms with Gasteiger partial charge in [0.05, 0.1) is 5.56 Å². The minimum atomic E-state index is -0.0974. The van der Waals surface area contributed by atoms with Crippen molar-refractivity contribution in [2.45, 2.75) is 19.9 Å². The van der Waals surface area contributed by atoms with Gasteiger partial charge in [-0.2, -0.15) is 0 Å². The van der Waals surface area contributed by atoms with E-state index in [4.69, 9.17) is 5.73 Å². The van der Waals surface area contributed by atoms with E-state index in [1.54, 1.807) is 6.07 Å². The fraction of sp³-hybridized carbons (Fsp3) is 0.364. The molecule has 0 aliphatic heterocycles. The van der Waals surface area contributed by atoms with Crippen molar-refractivity contribution in [3.05, 3.63) is 33.8 Å². The van der Waals surface area contributed by atoms with Crippen molar-refractivity contribution in [1.82, 2.24) is 5.32 Å². The van der Waals surface area contributed by atoms with Crippen LogP contribution in [0.2, 0.25) is 0 Å². The molecule has 3 nitrogen and oxygen atoms in total. The second-order valence-electron chi connectivity index (χ2n) is 3.59. The van der Waals surface area contributed by atoms with Crippen molar-refractivity contribution in [2.75, 3.05) is 6.54 Å². The maximum Gasteiger partial charge on any atom is 0.252 e. The first kappa shape index (κ1) is 12.2. The minimum Gasteiger partial charge on any atom is -0.348 e. The number of aryl methyl sites for hydroxylation is 1. The zero-order valence-corrected chi connectivity index (χ0v) is 10.5. The van der Waals surface area contributed by atoms with E-state index < -0.39 is 0 Å². The summed E-state index contributed by atoms with van der Waals surface area (Å²) in [6.45, 7) is 4.30. The van der Waals surface area contributed by atoms with Crippen molar-refractivity contribution in [3.63, 3.8) is 0 Å². The lowest BCUT2D eigenvalue weighted by molar-refractivity contribution is 0.0940. The molecular formula is C11H15BrN2O. The lowest BCUT2D eigenvalue weighted by Crippen LogP contribution is -2.37. The van der Waals surface area contributed by atoms with Crippen LogP contribution in [0.5, 0.6) is 0 Å². The van der Waals surface area contributed by atoms with E-state index in [1.807, 2.05) is 26.0 Å². The fourth-order valence-electron chi connectivity index (χ4n) is 1.16. The summed E-state index contributed by atoms with van der Waals surface area (Å²) >= 11 is 3.37. The molecule has 82 valence electrons. The van der Waals surface area contributed by atoms with Crippen molar-refractivity contribution in [2.24, 2.45) is 5.73 Å². The van der Waals surface area contributed by atoms with E-state index in [-0.39, 0.29) is 11.9 Å². The summed E-state index contributed by atoms with van der Waals surface area (Å²) in [6, 6.07) is 5.62. The van der Waals surface area contributed by atoms with Gasteiger partial charge in [-0.1, -0.05) is 6.07 Å². The molecule has 1 aromatic rings. The Morgan fingerprint density at radius 2 is 2.27 bits per heavy atom. The second-order valence-corrected chi connectivity index (χ2v) is 4.45. The number of halogens is 1. The third-order valence-electron chi connectivity index (χ3n) is 2.10. The molecule has 0 unspecified atom stereocenters. The summed E-state index contributed by atoms with van der Waals surface area (Å²) in [5.74, 6) is -0.0974. The van der Waals surface area contributed by atoms with Crippen LogP contribution in [0.25, 0.3) is 0 Å². The third kappa shape index (κ3) is 3.32. The van der Waals surface area contributed by atoms with E-state index in [2.05, 4.69) is 21.2 Å². The Kier molecular flexibility index (Phi) is 4.29. The molecule has 0 aromatic heterocycles. The van der Waals surface area contributed by atoms with Crippen LogP contribution >= 0.6 is 15.9 Å². The van der Waals surface area contributed by atoms with Gasteiger partial charge in [0, 0.05) is 17.1 Å². The zero-order chi connectivity index (χ0) is 11.4. The Morgan fingerprint density at radius 3 is 2.80 bits per heavy atom. The highest BCUT2D eigenvalue weighted by Gasteiger charge is 2.11. The van der Waals surface area contributed by atoms with Crippen molar-refractivity contribution < 1.29 is 4.79 Å². The Bertz CT molecular complexity index is 366. The van der Waals surface area contributed by atoms with Crippen molar-refractivity contribution >= 4 is 21.8 Å². The maximum absolute atomic E-state index is 11.7. The van der Waals surface area contributed by atoms with Crippen molar-refractivity contribution in [1.29, 1.82) is 0 Å². The minimum absolute atomic E-state index is 0.00861. The van der Waals surface area contributed by atoms with E-state index >= 15 is 0 Å². The molecule has 1 aromatic carbocycles. The zero-order valence-electron chi connectivity index (χ0n) is 8.88. The number of nitrogens with two attached hydrogens (primary N) is 1. The molecule has 0 spiro atoms. The highest BCUT2D eigenvalue weighted by Crippen LogP contribution is 2.18. The topological polar surface area (TPSA) is 55.1 Å². The lowest BCUT2D eigenvalue weighted by atomic mass is 10.1. The smallest absolute Gasteiger partial charge is 0.252 e. The first-order chi connectivity index (χ1) is 7.04. The molecule has 1 rings (SSSR count). The van der Waals surface area contributed by atoms with Crippen LogP contribution in [0.4, 0.5) is 0 Å². The molecule has 1 atom stereocenters. The number of rotatable bonds is 3. The van der Waals surface area contributed by atoms with Crippen LogP contribution in [0.1, 0.15) is 22.8 Å². The summed E-state index contributed by atoms with van der Waals surface area (Å²) < 4.78 is 0.809. The van der Waals surface area contributed by atoms with E-state index in [0.29, 0.717) is 12.1 Å². The predicted octanol–water partition coefficient (Wildman–Crippen LogP) is 1.83. The molecule has 0 bridgehead atoms. The number of carbonyl (C=O) groups is 1. The average Bonchev–Trinajstić information content (AvgIpc) is 2.17. The molecule has 15 heavy (non-hydrogen) atoms. The van der Waals surface area contributed by atoms with E-state index in [0.717, 1.165) is 10.0 Å². The molecule has 0 heterocycles. The molecule has 0 saturated heterocycles. The normalized spacial score (nSPS) is 12.3. The highest BCUT2D eigenvalue weighted by atomic mass is 79.9. The largest absolute Gasteiger partial charge is 0.348 e. The first-order valence-corrected chi connectivity index (χ1v) is 5.61. The van der Waals surface area contributed by atoms with Gasteiger partial charge in [-0.3, -0.25) is 4.79 Å². The van der Waals surface area contributed by atoms with Gasteiger partial charge in [0.2, 0.25) is 0 Å². The number of nitrogens with one attached hydrogen (secondary N) is 1. The SMILES string of the molecule is Cc1ccc(C(=O)N[C@H](C)CN)c(Br)c1. The highest BCUT2D eigenvalue weighted by molar-refractivity contribution is 9.10. The Balaban J connectivity index is 2.82. The monoisotopic (exact) mass is 270 g/mol. The van der Waals surface area contributed by atoms with Crippen LogP contribution in [-0.2, 0) is 0 Å². The Morgan fingerprint density at radius 1 is 1.60 bits per heavy atom. The standard InChI is InChI=1S/C11H15BrN2O/c1-7-3-4-9(10(12)5-7)11(15)14-8(2)6-13/h3-5,8H,6,13H2,1-2H3,(H,14,15)/t8-/m1/s1. The average molecular weight is 271 g/mol. The van der Waals surface area contributed by atoms with Crippen molar-refractivity contribution in [3.8, 4) is 0 Å². The molecule has 0 radical (unpaired) electrons. The summed E-state index contributed by atoms with van der Waals surface area (Å²) in [6.07, 6.45) is 0. The van der Waals surface area contributed by atoms with Crippen LogP contribution in [0, 0.1) is 6.92 Å². The van der Waals surface area contributed by atoms with Gasteiger partial charge in [-0.05, 0) is 47.5 Å². The van der Waals surface area contributed by atoms with Crippen LogP contribution < -0.4 is 11.1 Å². The van der Waals surface area contributed by atoms with Crippen LogP contribution in [-0.4, -0.2) is 18.5 Å². The third-order valence-corrected chi connectivity index (χ3v) is 2.76. The summed E-state index contributed by atoms with van der Waals surface area (Å²) in [4.78, 5) is 11.7. The van der Waals surface area contributed by atoms with E-state index in [1.165, 1.54) is 0 Å². The summed E-state index contributed by atoms with van der Waals surface area (Å²) in [7, 11) is 0. The van der Waals surface area contributed by atoms with Gasteiger partial charge in [0.1, 0.15) is 0 Å². The number of hydrogen-bond donors (Lipinski definition) is 2. The van der Waals surface area contributed by atoms with Gasteiger partial charge in [0.15, 0.2) is 0 Å². The molecule has 0 saturated carbocycles. The lowest BCUT2D eigenvalue weighted by Gasteiger charge is -2.12. The van der Waals surface area contributed by atoms with Gasteiger partial charge < -0.3 is 11.1 Å². The number of carbonyl (C=O) groups excluding carboxylic acids is 1. The number of amides is 1.